The molecule has 0 atom stereocenters. The first-order valence-electron chi connectivity index (χ1n) is 4.06. The van der Waals surface area contributed by atoms with Crippen molar-refractivity contribution in [3.63, 3.8) is 0 Å². The highest BCUT2D eigenvalue weighted by molar-refractivity contribution is 5.13. The van der Waals surface area contributed by atoms with Gasteiger partial charge in [-0.3, -0.25) is 0 Å². The highest BCUT2D eigenvalue weighted by Crippen LogP contribution is 2.22. The van der Waals surface area contributed by atoms with Gasteiger partial charge in [-0.1, -0.05) is 17.7 Å². The van der Waals surface area contributed by atoms with Gasteiger partial charge in [0.1, 0.15) is 5.76 Å². The normalized spacial score (nSPS) is 12.2. The van der Waals surface area contributed by atoms with E-state index in [4.69, 9.17) is 0 Å². The minimum Gasteiger partial charge on any atom is -0.410 e. The zero-order chi connectivity index (χ0) is 11.2. The molecule has 0 amide bonds. The van der Waals surface area contributed by atoms with E-state index in [1.807, 2.05) is 0 Å². The summed E-state index contributed by atoms with van der Waals surface area (Å²) >= 11 is 0. The van der Waals surface area contributed by atoms with Crippen molar-refractivity contribution in [2.75, 3.05) is 0 Å². The van der Waals surface area contributed by atoms with E-state index >= 15 is 0 Å². The van der Waals surface area contributed by atoms with Crippen LogP contribution in [0.25, 0.3) is 0 Å². The summed E-state index contributed by atoms with van der Waals surface area (Å²) in [5, 5.41) is 0. The molecule has 0 aromatic rings. The van der Waals surface area contributed by atoms with Crippen LogP contribution >= 0.6 is 0 Å². The molecule has 0 aromatic heterocycles. The van der Waals surface area contributed by atoms with Crippen LogP contribution in [-0.4, -0.2) is 6.36 Å². The maximum absolute atomic E-state index is 11.8. The lowest BCUT2D eigenvalue weighted by atomic mass is 10.2. The third-order valence-corrected chi connectivity index (χ3v) is 1.19. The molecule has 0 aliphatic carbocycles. The topological polar surface area (TPSA) is 9.23 Å². The van der Waals surface area contributed by atoms with Crippen molar-refractivity contribution in [3.05, 3.63) is 36.1 Å². The molecular weight excluding hydrogens is 193 g/mol. The first kappa shape index (κ1) is 12.8. The Labute approximate surface area is 81.6 Å². The Morgan fingerprint density at radius 3 is 2.21 bits per heavy atom. The van der Waals surface area contributed by atoms with Crippen LogP contribution in [0.2, 0.25) is 0 Å². The second kappa shape index (κ2) is 5.52. The quantitative estimate of drug-likeness (QED) is 0.384. The van der Waals surface area contributed by atoms with Crippen molar-refractivity contribution in [2.45, 2.75) is 26.6 Å². The van der Waals surface area contributed by atoms with Gasteiger partial charge in [0.05, 0.1) is 0 Å². The maximum atomic E-state index is 11.8. The van der Waals surface area contributed by atoms with E-state index in [0.717, 1.165) is 5.57 Å². The SMILES string of the molecule is C=CC/C(=C\C=C(C)C)OC(F)(F)F. The fourth-order valence-electron chi connectivity index (χ4n) is 0.694. The van der Waals surface area contributed by atoms with Gasteiger partial charge in [0.15, 0.2) is 0 Å². The van der Waals surface area contributed by atoms with E-state index in [-0.39, 0.29) is 12.2 Å². The summed E-state index contributed by atoms with van der Waals surface area (Å²) in [7, 11) is 0. The van der Waals surface area contributed by atoms with Crippen LogP contribution in [0.3, 0.4) is 0 Å². The van der Waals surface area contributed by atoms with Gasteiger partial charge in [0.2, 0.25) is 0 Å². The van der Waals surface area contributed by atoms with E-state index in [1.54, 1.807) is 19.9 Å². The Kier molecular flexibility index (Phi) is 5.05. The van der Waals surface area contributed by atoms with E-state index < -0.39 is 6.36 Å². The molecule has 0 fully saturated rings. The van der Waals surface area contributed by atoms with Crippen molar-refractivity contribution in [1.82, 2.24) is 0 Å². The number of halogens is 3. The van der Waals surface area contributed by atoms with Crippen molar-refractivity contribution in [2.24, 2.45) is 0 Å². The maximum Gasteiger partial charge on any atom is 0.572 e. The zero-order valence-corrected chi connectivity index (χ0v) is 8.19. The fourth-order valence-corrected chi connectivity index (χ4v) is 0.694. The van der Waals surface area contributed by atoms with Crippen LogP contribution in [0.5, 0.6) is 0 Å². The molecular formula is C10H13F3O. The third kappa shape index (κ3) is 7.46. The van der Waals surface area contributed by atoms with Crippen molar-refractivity contribution >= 4 is 0 Å². The lowest BCUT2D eigenvalue weighted by Gasteiger charge is -2.10. The number of alkyl halides is 3. The molecule has 0 aromatic carbocycles. The summed E-state index contributed by atoms with van der Waals surface area (Å²) in [6.45, 7) is 6.92. The van der Waals surface area contributed by atoms with E-state index in [1.165, 1.54) is 12.2 Å². The van der Waals surface area contributed by atoms with E-state index in [0.29, 0.717) is 0 Å². The van der Waals surface area contributed by atoms with Crippen molar-refractivity contribution in [1.29, 1.82) is 0 Å². The van der Waals surface area contributed by atoms with Crippen molar-refractivity contribution < 1.29 is 17.9 Å². The molecule has 0 saturated heterocycles. The predicted molar refractivity (Wildman–Crippen MR) is 49.5 cm³/mol. The molecule has 0 saturated carbocycles. The molecule has 0 heterocycles. The third-order valence-electron chi connectivity index (χ3n) is 1.19. The molecule has 80 valence electrons. The van der Waals surface area contributed by atoms with Crippen LogP contribution in [0.15, 0.2) is 36.1 Å². The molecule has 0 aliphatic heterocycles. The minimum atomic E-state index is -4.63. The Morgan fingerprint density at radius 2 is 1.86 bits per heavy atom. The fraction of sp³-hybridized carbons (Fsp3) is 0.400. The monoisotopic (exact) mass is 206 g/mol. The molecule has 1 nitrogen and oxygen atoms in total. The predicted octanol–water partition coefficient (Wildman–Crippen LogP) is 3.95. The molecule has 0 bridgehead atoms. The number of ether oxygens (including phenoxy) is 1. The van der Waals surface area contributed by atoms with Gasteiger partial charge in [-0.05, 0) is 19.9 Å². The second-order valence-corrected chi connectivity index (χ2v) is 2.92. The van der Waals surface area contributed by atoms with Crippen LogP contribution in [0, 0.1) is 0 Å². The number of allylic oxidation sites excluding steroid dienone is 4. The summed E-state index contributed by atoms with van der Waals surface area (Å²) < 4.78 is 39.3. The molecule has 0 rings (SSSR count). The molecule has 0 spiro atoms. The highest BCUT2D eigenvalue weighted by Gasteiger charge is 2.31. The summed E-state index contributed by atoms with van der Waals surface area (Å²) in [6.07, 6.45) is -0.362. The molecule has 0 radical (unpaired) electrons. The first-order valence-corrected chi connectivity index (χ1v) is 4.06. The average Bonchev–Trinajstić information content (AvgIpc) is 1.98. The van der Waals surface area contributed by atoms with E-state index in [9.17, 15) is 13.2 Å². The van der Waals surface area contributed by atoms with Crippen LogP contribution in [-0.2, 0) is 4.74 Å². The Hall–Kier alpha value is -1.19. The summed E-state index contributed by atoms with van der Waals surface area (Å²) in [6, 6.07) is 0. The smallest absolute Gasteiger partial charge is 0.410 e. The van der Waals surface area contributed by atoms with Crippen LogP contribution < -0.4 is 0 Å². The largest absolute Gasteiger partial charge is 0.572 e. The van der Waals surface area contributed by atoms with Gasteiger partial charge in [-0.2, -0.15) is 0 Å². The van der Waals surface area contributed by atoms with Gasteiger partial charge in [-0.15, -0.1) is 19.8 Å². The van der Waals surface area contributed by atoms with Gasteiger partial charge in [0, 0.05) is 6.42 Å². The molecule has 0 unspecified atom stereocenters. The molecule has 0 aliphatic rings. The minimum absolute atomic E-state index is 0.0588. The lowest BCUT2D eigenvalue weighted by molar-refractivity contribution is -0.305. The van der Waals surface area contributed by atoms with Crippen LogP contribution in [0.1, 0.15) is 20.3 Å². The molecule has 14 heavy (non-hydrogen) atoms. The number of hydrogen-bond acceptors (Lipinski definition) is 1. The lowest BCUT2D eigenvalue weighted by Crippen LogP contribution is -2.12. The first-order chi connectivity index (χ1) is 6.35. The average molecular weight is 206 g/mol. The van der Waals surface area contributed by atoms with Gasteiger partial charge in [-0.25, -0.2) is 0 Å². The van der Waals surface area contributed by atoms with Crippen molar-refractivity contribution in [3.8, 4) is 0 Å². The van der Waals surface area contributed by atoms with Crippen LogP contribution in [0.4, 0.5) is 13.2 Å². The van der Waals surface area contributed by atoms with Gasteiger partial charge in [0.25, 0.3) is 0 Å². The standard InChI is InChI=1S/C10H13F3O/c1-4-5-9(7-6-8(2)3)14-10(11,12)13/h4,6-7H,1,5H2,2-3H3/b9-7+. The van der Waals surface area contributed by atoms with Gasteiger partial charge >= 0.3 is 6.36 Å². The summed E-state index contributed by atoms with van der Waals surface area (Å²) in [4.78, 5) is 0. The highest BCUT2D eigenvalue weighted by atomic mass is 19.4. The molecule has 4 heteroatoms. The van der Waals surface area contributed by atoms with E-state index in [2.05, 4.69) is 11.3 Å². The summed E-state index contributed by atoms with van der Waals surface area (Å²) in [5.74, 6) is -0.159. The zero-order valence-electron chi connectivity index (χ0n) is 8.19. The Bertz CT molecular complexity index is 245. The molecule has 0 N–H and O–H groups in total. The Balaban J connectivity index is 4.51. The summed E-state index contributed by atoms with van der Waals surface area (Å²) in [5.41, 5.74) is 0.900. The second-order valence-electron chi connectivity index (χ2n) is 2.92. The number of hydrogen-bond donors (Lipinski definition) is 0. The van der Waals surface area contributed by atoms with Gasteiger partial charge < -0.3 is 4.74 Å². The Morgan fingerprint density at radius 1 is 1.29 bits per heavy atom. The number of rotatable bonds is 4.